The molecule has 1 heterocycles. The van der Waals surface area contributed by atoms with E-state index >= 15 is 0 Å². The van der Waals surface area contributed by atoms with Gasteiger partial charge in [0.2, 0.25) is 0 Å². The van der Waals surface area contributed by atoms with E-state index in [0.29, 0.717) is 5.82 Å². The lowest BCUT2D eigenvalue weighted by atomic mass is 9.76. The van der Waals surface area contributed by atoms with E-state index in [4.69, 9.17) is 11.3 Å². The lowest BCUT2D eigenvalue weighted by Gasteiger charge is -2.30. The summed E-state index contributed by atoms with van der Waals surface area (Å²) < 4.78 is 5.90. The molecule has 0 aliphatic carbocycles. The van der Waals surface area contributed by atoms with Crippen LogP contribution < -0.4 is 10.1 Å². The minimum Gasteiger partial charge on any atom is -0.483 e. The first-order valence-corrected chi connectivity index (χ1v) is 9.91. The van der Waals surface area contributed by atoms with Crippen molar-refractivity contribution in [2.75, 3.05) is 11.9 Å². The molecule has 2 rings (SSSR count). The Balaban J connectivity index is 2.18. The molecule has 0 bridgehead atoms. The van der Waals surface area contributed by atoms with Crippen molar-refractivity contribution in [1.29, 1.82) is 0 Å². The molecule has 0 atom stereocenters. The molecule has 1 amide bonds. The van der Waals surface area contributed by atoms with Crippen molar-refractivity contribution >= 4 is 17.5 Å². The number of nitrogens with zero attached hydrogens (tertiary/aromatic N) is 3. The average molecular weight is 395 g/mol. The van der Waals surface area contributed by atoms with Gasteiger partial charge in [-0.15, -0.1) is 0 Å². The highest BCUT2D eigenvalue weighted by atomic mass is 16.5. The van der Waals surface area contributed by atoms with E-state index in [1.165, 1.54) is 11.6 Å². The van der Waals surface area contributed by atoms with Gasteiger partial charge in [-0.25, -0.2) is 0 Å². The molecular formula is C23H30N4O2. The largest absolute Gasteiger partial charge is 0.483 e. The van der Waals surface area contributed by atoms with E-state index in [1.54, 1.807) is 6.07 Å². The van der Waals surface area contributed by atoms with Crippen LogP contribution in [0, 0.1) is 6.57 Å². The highest BCUT2D eigenvalue weighted by molar-refractivity contribution is 5.90. The van der Waals surface area contributed by atoms with E-state index in [1.807, 2.05) is 6.07 Å². The summed E-state index contributed by atoms with van der Waals surface area (Å²) in [5.74, 6) is 0.867. The van der Waals surface area contributed by atoms with Crippen LogP contribution in [0.4, 0.5) is 11.6 Å². The van der Waals surface area contributed by atoms with Gasteiger partial charge in [0.05, 0.1) is 0 Å². The highest BCUT2D eigenvalue weighted by Crippen LogP contribution is 2.38. The summed E-state index contributed by atoms with van der Waals surface area (Å²) in [5.41, 5.74) is 2.37. The lowest BCUT2D eigenvalue weighted by molar-refractivity contribution is -0.118. The molecule has 154 valence electrons. The van der Waals surface area contributed by atoms with Crippen LogP contribution >= 0.6 is 0 Å². The predicted octanol–water partition coefficient (Wildman–Crippen LogP) is 5.42. The molecule has 0 saturated heterocycles. The van der Waals surface area contributed by atoms with Crippen LogP contribution in [0.25, 0.3) is 4.85 Å². The van der Waals surface area contributed by atoms with Crippen molar-refractivity contribution in [3.63, 3.8) is 0 Å². The van der Waals surface area contributed by atoms with Gasteiger partial charge in [-0.1, -0.05) is 60.2 Å². The van der Waals surface area contributed by atoms with Crippen molar-refractivity contribution in [1.82, 2.24) is 10.2 Å². The second kappa shape index (κ2) is 9.04. The zero-order chi connectivity index (χ0) is 21.7. The Morgan fingerprint density at radius 3 is 2.31 bits per heavy atom. The number of aromatic nitrogens is 2. The Kier molecular flexibility index (Phi) is 6.97. The van der Waals surface area contributed by atoms with Gasteiger partial charge in [-0.2, -0.15) is 0 Å². The Bertz CT molecular complexity index is 896. The minimum atomic E-state index is -0.326. The van der Waals surface area contributed by atoms with Gasteiger partial charge in [0.1, 0.15) is 5.75 Å². The maximum Gasteiger partial charge on any atom is 0.296 e. The maximum atomic E-state index is 12.3. The first-order chi connectivity index (χ1) is 13.6. The van der Waals surface area contributed by atoms with Gasteiger partial charge in [0.25, 0.3) is 11.7 Å². The number of carbonyl (C=O) groups excluding carboxylic acids is 1. The van der Waals surface area contributed by atoms with Crippen LogP contribution in [0.1, 0.15) is 65.5 Å². The molecule has 1 aromatic heterocycles. The van der Waals surface area contributed by atoms with E-state index in [0.717, 1.165) is 24.2 Å². The number of nitrogens with one attached hydrogen (secondary N) is 1. The quantitative estimate of drug-likeness (QED) is 0.607. The molecule has 0 unspecified atom stereocenters. The summed E-state index contributed by atoms with van der Waals surface area (Å²) in [5, 5.41) is 10.2. The summed E-state index contributed by atoms with van der Waals surface area (Å²) in [6.07, 6.45) is 1.99. The molecule has 29 heavy (non-hydrogen) atoms. The lowest BCUT2D eigenvalue weighted by Crippen LogP contribution is -2.24. The van der Waals surface area contributed by atoms with Crippen LogP contribution in [-0.4, -0.2) is 22.7 Å². The predicted molar refractivity (Wildman–Crippen MR) is 115 cm³/mol. The third kappa shape index (κ3) is 5.54. The summed E-state index contributed by atoms with van der Waals surface area (Å²) >= 11 is 0. The maximum absolute atomic E-state index is 12.3. The number of hydrogen-bond acceptors (Lipinski definition) is 4. The van der Waals surface area contributed by atoms with Gasteiger partial charge in [-0.05, 0) is 57.6 Å². The summed E-state index contributed by atoms with van der Waals surface area (Å²) in [7, 11) is 0. The van der Waals surface area contributed by atoms with Crippen molar-refractivity contribution in [3.05, 3.63) is 52.9 Å². The first kappa shape index (κ1) is 22.4. The van der Waals surface area contributed by atoms with E-state index in [-0.39, 0.29) is 29.2 Å². The molecule has 0 radical (unpaired) electrons. The number of rotatable bonds is 8. The molecule has 2 aromatic rings. The number of benzene rings is 1. The second-order valence-corrected chi connectivity index (χ2v) is 8.41. The number of carbonyl (C=O) groups is 1. The molecule has 0 aliphatic rings. The van der Waals surface area contributed by atoms with Gasteiger partial charge < -0.3 is 14.9 Å². The molecule has 0 saturated carbocycles. The van der Waals surface area contributed by atoms with Crippen LogP contribution in [-0.2, 0) is 15.6 Å². The number of hydrogen-bond donors (Lipinski definition) is 1. The molecule has 0 spiro atoms. The third-order valence-electron chi connectivity index (χ3n) is 5.65. The number of anilines is 1. The van der Waals surface area contributed by atoms with Crippen molar-refractivity contribution in [2.24, 2.45) is 0 Å². The van der Waals surface area contributed by atoms with Crippen LogP contribution in [0.15, 0.2) is 30.3 Å². The van der Waals surface area contributed by atoms with E-state index in [2.05, 4.69) is 74.0 Å². The van der Waals surface area contributed by atoms with E-state index in [9.17, 15) is 4.79 Å². The zero-order valence-electron chi connectivity index (χ0n) is 18.2. The molecule has 6 nitrogen and oxygen atoms in total. The number of ether oxygens (including phenoxy) is 1. The first-order valence-electron chi connectivity index (χ1n) is 9.91. The molecule has 6 heteroatoms. The number of amides is 1. The van der Waals surface area contributed by atoms with Gasteiger partial charge >= 0.3 is 0 Å². The summed E-state index contributed by atoms with van der Waals surface area (Å²) in [6.45, 7) is 19.9. The SMILES string of the molecule is [C-]#[N+]c1ccc(NC(=O)COc2ccc(C(C)(C)CC)cc2C(C)(C)CC)nn1. The normalized spacial score (nSPS) is 11.6. The minimum absolute atomic E-state index is 0.0741. The Morgan fingerprint density at radius 2 is 1.76 bits per heavy atom. The van der Waals surface area contributed by atoms with E-state index < -0.39 is 0 Å². The molecule has 1 N–H and O–H groups in total. The van der Waals surface area contributed by atoms with Crippen LogP contribution in [0.3, 0.4) is 0 Å². The summed E-state index contributed by atoms with van der Waals surface area (Å²) in [6, 6.07) is 9.32. The zero-order valence-corrected chi connectivity index (χ0v) is 18.2. The molecule has 1 aromatic carbocycles. The Hall–Kier alpha value is -2.94. The van der Waals surface area contributed by atoms with Gasteiger partial charge in [-0.3, -0.25) is 4.79 Å². The molecule has 0 aliphatic heterocycles. The van der Waals surface area contributed by atoms with Crippen molar-refractivity contribution < 1.29 is 9.53 Å². The topological polar surface area (TPSA) is 68.5 Å². The second-order valence-electron chi connectivity index (χ2n) is 8.41. The smallest absolute Gasteiger partial charge is 0.296 e. The average Bonchev–Trinajstić information content (AvgIpc) is 2.72. The fraction of sp³-hybridized carbons (Fsp3) is 0.478. The Labute approximate surface area is 173 Å². The third-order valence-corrected chi connectivity index (χ3v) is 5.65. The Morgan fingerprint density at radius 1 is 1.07 bits per heavy atom. The van der Waals surface area contributed by atoms with Crippen LogP contribution in [0.2, 0.25) is 0 Å². The molecule has 0 fully saturated rings. The highest BCUT2D eigenvalue weighted by Gasteiger charge is 2.26. The van der Waals surface area contributed by atoms with Crippen molar-refractivity contribution in [2.45, 2.75) is 65.2 Å². The fourth-order valence-electron chi connectivity index (χ4n) is 2.77. The van der Waals surface area contributed by atoms with Crippen LogP contribution in [0.5, 0.6) is 5.75 Å². The van der Waals surface area contributed by atoms with Gasteiger partial charge in [0, 0.05) is 5.56 Å². The standard InChI is InChI=1S/C23H30N4O2/c1-8-22(3,4)16-10-11-18(17(14-16)23(5,6)9-2)29-15-21(28)25-20-13-12-19(24-7)26-27-20/h10-14H,8-9,15H2,1-6H3,(H,25,27,28). The van der Waals surface area contributed by atoms with Crippen molar-refractivity contribution in [3.8, 4) is 5.75 Å². The monoisotopic (exact) mass is 394 g/mol. The fourth-order valence-corrected chi connectivity index (χ4v) is 2.77. The summed E-state index contributed by atoms with van der Waals surface area (Å²) in [4.78, 5) is 15.5. The van der Waals surface area contributed by atoms with Gasteiger partial charge in [0.15, 0.2) is 12.4 Å². The molecular weight excluding hydrogens is 364 g/mol.